The van der Waals surface area contributed by atoms with Crippen LogP contribution in [0, 0.1) is 0 Å². The van der Waals surface area contributed by atoms with Gasteiger partial charge in [0.1, 0.15) is 5.69 Å². The summed E-state index contributed by atoms with van der Waals surface area (Å²) in [6.07, 6.45) is 0. The molecule has 2 aromatic carbocycles. The number of aliphatic hydroxyl groups is 1. The number of hydrogen-bond donors (Lipinski definition) is 1. The van der Waals surface area contributed by atoms with Gasteiger partial charge in [0.05, 0.1) is 9.92 Å². The number of benzene rings is 2. The maximum Gasteiger partial charge on any atom is 0.264 e. The third kappa shape index (κ3) is 4.08. The molecule has 0 amide bonds. The molecule has 3 rings (SSSR count). The maximum absolute atomic E-state index is 11.8. The van der Waals surface area contributed by atoms with Crippen LogP contribution in [0.3, 0.4) is 0 Å². The second kappa shape index (κ2) is 7.80. The maximum atomic E-state index is 11.8. The Labute approximate surface area is 174 Å². The molecule has 0 aliphatic carbocycles. The summed E-state index contributed by atoms with van der Waals surface area (Å²) >= 11 is 12.0. The number of halogens is 2. The zero-order chi connectivity index (χ0) is 21.2. The monoisotopic (exact) mass is 451 g/mol. The quantitative estimate of drug-likeness (QED) is 0.327. The highest BCUT2D eigenvalue weighted by Gasteiger charge is 2.39. The van der Waals surface area contributed by atoms with Crippen LogP contribution < -0.4 is 0 Å². The molecule has 0 saturated heterocycles. The van der Waals surface area contributed by atoms with Gasteiger partial charge >= 0.3 is 0 Å². The normalized spacial score (nSPS) is 19.0. The van der Waals surface area contributed by atoms with Gasteiger partial charge in [0.25, 0.3) is 15.9 Å². The van der Waals surface area contributed by atoms with E-state index in [1.807, 2.05) is 0 Å². The van der Waals surface area contributed by atoms with E-state index in [1.165, 1.54) is 30.3 Å². The van der Waals surface area contributed by atoms with Crippen molar-refractivity contribution in [2.45, 2.75) is 17.4 Å². The molecule has 10 nitrogen and oxygen atoms in total. The molecule has 0 bridgehead atoms. The molecule has 0 radical (unpaired) electrons. The van der Waals surface area contributed by atoms with Crippen molar-refractivity contribution in [1.82, 2.24) is 0 Å². The first-order valence-corrected chi connectivity index (χ1v) is 10.0. The smallest absolute Gasteiger partial charge is 0.264 e. The van der Waals surface area contributed by atoms with Crippen molar-refractivity contribution in [3.63, 3.8) is 0 Å². The second-order valence-corrected chi connectivity index (χ2v) is 8.34. The number of azo groups is 2. The summed E-state index contributed by atoms with van der Waals surface area (Å²) in [5, 5.41) is 26.6. The Morgan fingerprint density at radius 3 is 2.48 bits per heavy atom. The van der Waals surface area contributed by atoms with Gasteiger partial charge < -0.3 is 5.11 Å². The predicted octanol–water partition coefficient (Wildman–Crippen LogP) is 6.18. The SMILES string of the molecule is CC1(c2ccc(S(=O)(=O)N=[N+]=[N-])cc2)N=NC(O)=C1N=Nc1cc(Cl)ccc1Cl. The first-order valence-electron chi connectivity index (χ1n) is 7.83. The third-order valence-electron chi connectivity index (χ3n) is 4.04. The summed E-state index contributed by atoms with van der Waals surface area (Å²) in [5.41, 5.74) is 7.90. The van der Waals surface area contributed by atoms with E-state index in [0.29, 0.717) is 15.6 Å². The van der Waals surface area contributed by atoms with Crippen LogP contribution in [0.5, 0.6) is 0 Å². The fourth-order valence-corrected chi connectivity index (χ4v) is 3.50. The summed E-state index contributed by atoms with van der Waals surface area (Å²) in [6.45, 7) is 1.62. The van der Waals surface area contributed by atoms with E-state index in [9.17, 15) is 13.5 Å². The molecule has 0 saturated carbocycles. The van der Waals surface area contributed by atoms with Crippen LogP contribution in [0.4, 0.5) is 5.69 Å². The Bertz CT molecular complexity index is 1220. The van der Waals surface area contributed by atoms with E-state index in [0.717, 1.165) is 0 Å². The molecule has 0 aromatic heterocycles. The number of nitrogens with zero attached hydrogens (tertiary/aromatic N) is 7. The molecule has 13 heteroatoms. The standard InChI is InChI=1S/C16H11Cl2N7O3S/c1-16(9-2-5-11(6-3-9)29(27,28)25-24-19)14(15(26)22-23-16)21-20-13-8-10(17)4-7-12(13)18/h2-8,26H,1H3. The van der Waals surface area contributed by atoms with Gasteiger partial charge in [-0.1, -0.05) is 35.3 Å². The molecule has 0 spiro atoms. The number of sulfonamides is 1. The largest absolute Gasteiger partial charge is 0.491 e. The number of hydrogen-bond acceptors (Lipinski definition) is 7. The molecule has 148 valence electrons. The van der Waals surface area contributed by atoms with Crippen molar-refractivity contribution in [3.05, 3.63) is 80.1 Å². The van der Waals surface area contributed by atoms with E-state index >= 15 is 0 Å². The zero-order valence-electron chi connectivity index (χ0n) is 14.6. The lowest BCUT2D eigenvalue weighted by molar-refractivity contribution is 0.397. The lowest BCUT2D eigenvalue weighted by Gasteiger charge is -2.20. The summed E-state index contributed by atoms with van der Waals surface area (Å²) in [7, 11) is -4.13. The zero-order valence-corrected chi connectivity index (χ0v) is 16.9. The minimum Gasteiger partial charge on any atom is -0.491 e. The number of azide groups is 1. The van der Waals surface area contributed by atoms with Gasteiger partial charge in [-0.05, 0) is 48.4 Å². The fourth-order valence-electron chi connectivity index (χ4n) is 2.51. The van der Waals surface area contributed by atoms with Gasteiger partial charge in [-0.2, -0.15) is 5.11 Å². The molecule has 2 aromatic rings. The minimum atomic E-state index is -4.13. The van der Waals surface area contributed by atoms with Crippen molar-refractivity contribution < 1.29 is 13.5 Å². The van der Waals surface area contributed by atoms with Crippen LogP contribution in [0.2, 0.25) is 10.0 Å². The van der Waals surface area contributed by atoms with Crippen LogP contribution in [-0.2, 0) is 15.6 Å². The average Bonchev–Trinajstić information content (AvgIpc) is 2.98. The summed E-state index contributed by atoms with van der Waals surface area (Å²) in [6, 6.07) is 10.0. The fraction of sp³-hybridized carbons (Fsp3) is 0.125. The summed E-state index contributed by atoms with van der Waals surface area (Å²) in [4.78, 5) is 2.11. The molecular weight excluding hydrogens is 441 g/mol. The molecule has 1 unspecified atom stereocenters. The molecule has 1 aliphatic heterocycles. The van der Waals surface area contributed by atoms with Crippen LogP contribution in [0.1, 0.15) is 12.5 Å². The number of aliphatic hydroxyl groups excluding tert-OH is 1. The van der Waals surface area contributed by atoms with Gasteiger partial charge in [0.15, 0.2) is 11.2 Å². The van der Waals surface area contributed by atoms with Crippen LogP contribution in [-0.4, -0.2) is 13.5 Å². The first kappa shape index (κ1) is 20.7. The van der Waals surface area contributed by atoms with E-state index in [2.05, 4.69) is 29.9 Å². The summed E-state index contributed by atoms with van der Waals surface area (Å²) in [5.74, 6) is -0.444. The summed E-state index contributed by atoms with van der Waals surface area (Å²) < 4.78 is 26.4. The topological polar surface area (TPSA) is 153 Å². The highest BCUT2D eigenvalue weighted by molar-refractivity contribution is 7.90. The Kier molecular flexibility index (Phi) is 5.58. The van der Waals surface area contributed by atoms with Crippen molar-refractivity contribution in [2.75, 3.05) is 0 Å². The number of rotatable bonds is 5. The van der Waals surface area contributed by atoms with E-state index < -0.39 is 21.4 Å². The van der Waals surface area contributed by atoms with E-state index in [4.69, 9.17) is 28.7 Å². The Balaban J connectivity index is 1.98. The van der Waals surface area contributed by atoms with Gasteiger partial charge in [0.2, 0.25) is 0 Å². The van der Waals surface area contributed by atoms with E-state index in [1.54, 1.807) is 19.1 Å². The second-order valence-electron chi connectivity index (χ2n) is 5.91. The lowest BCUT2D eigenvalue weighted by Crippen LogP contribution is -2.19. The van der Waals surface area contributed by atoms with Gasteiger partial charge in [0, 0.05) is 14.5 Å². The molecular formula is C16H11Cl2N7O3S. The van der Waals surface area contributed by atoms with Crippen molar-refractivity contribution in [1.29, 1.82) is 0 Å². The van der Waals surface area contributed by atoms with Crippen LogP contribution >= 0.6 is 23.2 Å². The van der Waals surface area contributed by atoms with Crippen molar-refractivity contribution in [2.24, 2.45) is 25.0 Å². The van der Waals surface area contributed by atoms with Gasteiger partial charge in [-0.3, -0.25) is 0 Å². The molecule has 1 atom stereocenters. The highest BCUT2D eigenvalue weighted by Crippen LogP contribution is 2.42. The molecule has 1 heterocycles. The van der Waals surface area contributed by atoms with E-state index in [-0.39, 0.29) is 16.3 Å². The molecule has 0 fully saturated rings. The Morgan fingerprint density at radius 1 is 1.14 bits per heavy atom. The molecule has 29 heavy (non-hydrogen) atoms. The lowest BCUT2D eigenvalue weighted by atomic mass is 9.90. The first-order chi connectivity index (χ1) is 13.7. The van der Waals surface area contributed by atoms with Crippen LogP contribution in [0.25, 0.3) is 10.4 Å². The Hall–Kier alpha value is -2.98. The van der Waals surface area contributed by atoms with Crippen LogP contribution in [0.15, 0.2) is 83.9 Å². The third-order valence-corrected chi connectivity index (χ3v) is 5.75. The average molecular weight is 452 g/mol. The van der Waals surface area contributed by atoms with Gasteiger partial charge in [-0.25, -0.2) is 8.42 Å². The minimum absolute atomic E-state index is 0.0270. The predicted molar refractivity (Wildman–Crippen MR) is 106 cm³/mol. The molecule has 1 aliphatic rings. The van der Waals surface area contributed by atoms with Crippen molar-refractivity contribution in [3.8, 4) is 0 Å². The highest BCUT2D eigenvalue weighted by atomic mass is 35.5. The molecule has 1 N–H and O–H groups in total. The van der Waals surface area contributed by atoms with Gasteiger partial charge in [-0.15, -0.1) is 15.3 Å². The Morgan fingerprint density at radius 2 is 1.83 bits per heavy atom. The van der Waals surface area contributed by atoms with Crippen molar-refractivity contribution >= 4 is 38.9 Å².